The van der Waals surface area contributed by atoms with E-state index in [9.17, 15) is 10.0 Å². The molecule has 0 aliphatic carbocycles. The molecule has 0 fully saturated rings. The van der Waals surface area contributed by atoms with E-state index in [1.165, 1.54) is 0 Å². The van der Waals surface area contributed by atoms with Crippen molar-refractivity contribution in [3.05, 3.63) is 23.2 Å². The van der Waals surface area contributed by atoms with Crippen LogP contribution in [-0.2, 0) is 4.79 Å². The van der Waals surface area contributed by atoms with E-state index in [2.05, 4.69) is 0 Å². The van der Waals surface area contributed by atoms with Gasteiger partial charge in [0.25, 0.3) is 5.91 Å². The number of nitrogens with zero attached hydrogens (tertiary/aromatic N) is 1. The summed E-state index contributed by atoms with van der Waals surface area (Å²) in [5, 5.41) is 10.6. The van der Waals surface area contributed by atoms with Crippen molar-refractivity contribution in [1.29, 1.82) is 0 Å². The highest BCUT2D eigenvalue weighted by atomic mass is 35.5. The van der Waals surface area contributed by atoms with Gasteiger partial charge in [0.2, 0.25) is 0 Å². The second-order valence-electron chi connectivity index (χ2n) is 3.25. The van der Waals surface area contributed by atoms with Crippen LogP contribution in [0.1, 0.15) is 13.3 Å². The third-order valence-electron chi connectivity index (χ3n) is 2.29. The Balaban J connectivity index is 2.50. The minimum atomic E-state index is -0.664. The van der Waals surface area contributed by atoms with E-state index in [0.29, 0.717) is 22.3 Å². The van der Waals surface area contributed by atoms with Gasteiger partial charge in [-0.3, -0.25) is 10.0 Å². The lowest BCUT2D eigenvalue weighted by molar-refractivity contribution is -0.132. The Kier molecular flexibility index (Phi) is 2.54. The molecule has 1 atom stereocenters. The molecule has 1 heterocycles. The largest absolute Gasteiger partial charge is 0.477 e. The normalized spacial score (nSPS) is 19.8. The summed E-state index contributed by atoms with van der Waals surface area (Å²) in [5.41, 5.74) is 0.289. The zero-order valence-corrected chi connectivity index (χ0v) is 8.86. The van der Waals surface area contributed by atoms with Crippen molar-refractivity contribution in [2.75, 3.05) is 5.06 Å². The number of fused-ring (bicyclic) bond motifs is 1. The highest BCUT2D eigenvalue weighted by Gasteiger charge is 2.33. The number of benzene rings is 1. The molecular formula is C10H10ClNO3. The Morgan fingerprint density at radius 3 is 3.00 bits per heavy atom. The fraction of sp³-hybridized carbons (Fsp3) is 0.300. The molecule has 1 N–H and O–H groups in total. The first kappa shape index (κ1) is 10.3. The Hall–Kier alpha value is -1.26. The molecule has 0 spiro atoms. The third kappa shape index (κ3) is 1.56. The topological polar surface area (TPSA) is 49.8 Å². The summed E-state index contributed by atoms with van der Waals surface area (Å²) in [7, 11) is 0. The number of para-hydroxylation sites is 1. The minimum absolute atomic E-state index is 0.289. The standard InChI is InChI=1S/C10H10ClNO3/c1-2-8-10(13)12(14)7-5-3-4-6(11)9(7)15-8/h3-5,8,14H,2H2,1H3/t8-/m0/s1. The number of carbonyl (C=O) groups is 1. The lowest BCUT2D eigenvalue weighted by atomic mass is 10.2. The Bertz CT molecular complexity index is 408. The van der Waals surface area contributed by atoms with Crippen molar-refractivity contribution < 1.29 is 14.7 Å². The smallest absolute Gasteiger partial charge is 0.291 e. The van der Waals surface area contributed by atoms with Gasteiger partial charge in [-0.2, -0.15) is 5.06 Å². The van der Waals surface area contributed by atoms with Crippen molar-refractivity contribution in [1.82, 2.24) is 0 Å². The summed E-state index contributed by atoms with van der Waals surface area (Å²) >= 11 is 5.90. The second kappa shape index (κ2) is 3.72. The van der Waals surface area contributed by atoms with E-state index in [1.54, 1.807) is 25.1 Å². The maximum atomic E-state index is 11.5. The van der Waals surface area contributed by atoms with E-state index in [1.807, 2.05) is 0 Å². The number of halogens is 1. The maximum absolute atomic E-state index is 11.5. The predicted octanol–water partition coefficient (Wildman–Crippen LogP) is 2.23. The monoisotopic (exact) mass is 227 g/mol. The summed E-state index contributed by atoms with van der Waals surface area (Å²) in [6.07, 6.45) is -0.178. The summed E-state index contributed by atoms with van der Waals surface area (Å²) < 4.78 is 5.41. The van der Waals surface area contributed by atoms with Crippen LogP contribution in [0.2, 0.25) is 5.02 Å². The highest BCUT2D eigenvalue weighted by molar-refractivity contribution is 6.32. The SMILES string of the molecule is CC[C@@H]1Oc2c(Cl)cccc2N(O)C1=O. The Morgan fingerprint density at radius 2 is 2.33 bits per heavy atom. The van der Waals surface area contributed by atoms with E-state index in [0.717, 1.165) is 0 Å². The van der Waals surface area contributed by atoms with Crippen LogP contribution in [0.25, 0.3) is 0 Å². The fourth-order valence-corrected chi connectivity index (χ4v) is 1.70. The van der Waals surface area contributed by atoms with Crippen LogP contribution < -0.4 is 9.80 Å². The molecule has 4 nitrogen and oxygen atoms in total. The van der Waals surface area contributed by atoms with Gasteiger partial charge in [-0.05, 0) is 18.6 Å². The number of ether oxygens (including phenoxy) is 1. The second-order valence-corrected chi connectivity index (χ2v) is 3.66. The molecule has 1 aliphatic rings. The van der Waals surface area contributed by atoms with E-state index < -0.39 is 12.0 Å². The van der Waals surface area contributed by atoms with Crippen LogP contribution in [0.5, 0.6) is 5.75 Å². The summed E-state index contributed by atoms with van der Waals surface area (Å²) in [4.78, 5) is 11.5. The van der Waals surface area contributed by atoms with Gasteiger partial charge in [0.15, 0.2) is 11.9 Å². The van der Waals surface area contributed by atoms with Crippen LogP contribution >= 0.6 is 11.6 Å². The molecule has 0 radical (unpaired) electrons. The van der Waals surface area contributed by atoms with Crippen LogP contribution in [-0.4, -0.2) is 17.2 Å². The van der Waals surface area contributed by atoms with Gasteiger partial charge in [-0.15, -0.1) is 0 Å². The molecule has 5 heteroatoms. The molecular weight excluding hydrogens is 218 g/mol. The molecule has 0 saturated heterocycles. The summed E-state index contributed by atoms with van der Waals surface area (Å²) in [5.74, 6) is -0.111. The average Bonchev–Trinajstić information content (AvgIpc) is 2.24. The number of carbonyl (C=O) groups excluding carboxylic acids is 1. The fourth-order valence-electron chi connectivity index (χ4n) is 1.49. The molecule has 0 aromatic heterocycles. The molecule has 15 heavy (non-hydrogen) atoms. The number of hydrogen-bond donors (Lipinski definition) is 1. The quantitative estimate of drug-likeness (QED) is 0.749. The minimum Gasteiger partial charge on any atom is -0.477 e. The summed E-state index contributed by atoms with van der Waals surface area (Å²) in [6.45, 7) is 1.80. The van der Waals surface area contributed by atoms with Gasteiger partial charge in [0.05, 0.1) is 5.02 Å². The molecule has 80 valence electrons. The lowest BCUT2D eigenvalue weighted by Crippen LogP contribution is -2.43. The van der Waals surface area contributed by atoms with Crippen molar-refractivity contribution in [2.24, 2.45) is 0 Å². The van der Waals surface area contributed by atoms with E-state index in [-0.39, 0.29) is 5.69 Å². The zero-order chi connectivity index (χ0) is 11.0. The van der Waals surface area contributed by atoms with Gasteiger partial charge in [0, 0.05) is 0 Å². The van der Waals surface area contributed by atoms with Crippen molar-refractivity contribution in [3.63, 3.8) is 0 Å². The molecule has 1 aromatic carbocycles. The van der Waals surface area contributed by atoms with Gasteiger partial charge < -0.3 is 4.74 Å². The molecule has 2 rings (SSSR count). The Morgan fingerprint density at radius 1 is 1.60 bits per heavy atom. The molecule has 0 bridgehead atoms. The first-order valence-electron chi connectivity index (χ1n) is 4.63. The zero-order valence-electron chi connectivity index (χ0n) is 8.11. The van der Waals surface area contributed by atoms with Crippen molar-refractivity contribution in [2.45, 2.75) is 19.4 Å². The van der Waals surface area contributed by atoms with E-state index in [4.69, 9.17) is 16.3 Å². The molecule has 1 aliphatic heterocycles. The van der Waals surface area contributed by atoms with Crippen molar-refractivity contribution >= 4 is 23.2 Å². The summed E-state index contributed by atoms with van der Waals surface area (Å²) in [6, 6.07) is 4.87. The number of hydroxylamine groups is 1. The maximum Gasteiger partial charge on any atom is 0.291 e. The van der Waals surface area contributed by atoms with Crippen LogP contribution in [0.3, 0.4) is 0 Å². The first-order valence-corrected chi connectivity index (χ1v) is 5.01. The van der Waals surface area contributed by atoms with E-state index >= 15 is 0 Å². The number of amides is 1. The van der Waals surface area contributed by atoms with Crippen LogP contribution in [0, 0.1) is 0 Å². The van der Waals surface area contributed by atoms with Crippen LogP contribution in [0.15, 0.2) is 18.2 Å². The van der Waals surface area contributed by atoms with Gasteiger partial charge >= 0.3 is 0 Å². The lowest BCUT2D eigenvalue weighted by Gasteiger charge is -2.30. The van der Waals surface area contributed by atoms with Gasteiger partial charge in [-0.1, -0.05) is 24.6 Å². The molecule has 0 saturated carbocycles. The average molecular weight is 228 g/mol. The number of hydrogen-bond acceptors (Lipinski definition) is 3. The molecule has 1 amide bonds. The number of rotatable bonds is 1. The van der Waals surface area contributed by atoms with Crippen molar-refractivity contribution in [3.8, 4) is 5.75 Å². The molecule has 1 aromatic rings. The van der Waals surface area contributed by atoms with Gasteiger partial charge in [-0.25, -0.2) is 0 Å². The van der Waals surface area contributed by atoms with Gasteiger partial charge in [0.1, 0.15) is 5.69 Å². The first-order chi connectivity index (χ1) is 7.15. The molecule has 0 unspecified atom stereocenters. The van der Waals surface area contributed by atoms with Crippen LogP contribution in [0.4, 0.5) is 5.69 Å². The predicted molar refractivity (Wildman–Crippen MR) is 55.4 cm³/mol. The number of anilines is 1. The third-order valence-corrected chi connectivity index (χ3v) is 2.59. The highest BCUT2D eigenvalue weighted by Crippen LogP contribution is 2.39. The Labute approximate surface area is 92.0 Å².